The molecule has 1 aliphatic heterocycles. The van der Waals surface area contributed by atoms with Crippen molar-refractivity contribution in [2.45, 2.75) is 32.4 Å². The van der Waals surface area contributed by atoms with Crippen LogP contribution in [-0.2, 0) is 32.4 Å². The van der Waals surface area contributed by atoms with Crippen LogP contribution in [0, 0.1) is 0 Å². The van der Waals surface area contributed by atoms with Crippen molar-refractivity contribution in [3.8, 4) is 0 Å². The molecular weight excluding hydrogens is 289 g/mol. The van der Waals surface area contributed by atoms with Gasteiger partial charge in [-0.05, 0) is 34.4 Å². The second-order valence-corrected chi connectivity index (χ2v) is 5.65. The van der Waals surface area contributed by atoms with Crippen molar-refractivity contribution in [2.24, 2.45) is 5.73 Å². The van der Waals surface area contributed by atoms with E-state index in [2.05, 4.69) is 17.0 Å². The van der Waals surface area contributed by atoms with Gasteiger partial charge in [0.1, 0.15) is 0 Å². The van der Waals surface area contributed by atoms with Gasteiger partial charge in [0.05, 0.1) is 5.56 Å². The van der Waals surface area contributed by atoms with Gasteiger partial charge < -0.3 is 5.73 Å². The molecule has 0 atom stereocenters. The molecule has 116 valence electrons. The molecule has 2 aromatic rings. The van der Waals surface area contributed by atoms with E-state index in [9.17, 15) is 13.2 Å². The van der Waals surface area contributed by atoms with E-state index < -0.39 is 11.7 Å². The lowest BCUT2D eigenvalue weighted by Gasteiger charge is -2.15. The predicted octanol–water partition coefficient (Wildman–Crippen LogP) is 3.68. The van der Waals surface area contributed by atoms with Crippen molar-refractivity contribution in [3.63, 3.8) is 0 Å². The Labute approximate surface area is 127 Å². The van der Waals surface area contributed by atoms with Crippen LogP contribution in [0.15, 0.2) is 42.5 Å². The highest BCUT2D eigenvalue weighted by Crippen LogP contribution is 2.30. The fraction of sp³-hybridized carbons (Fsp3) is 0.294. The molecule has 3 rings (SSSR count). The normalized spacial score (nSPS) is 15.1. The summed E-state index contributed by atoms with van der Waals surface area (Å²) in [5.74, 6) is 0. The maximum Gasteiger partial charge on any atom is 0.416 e. The zero-order valence-corrected chi connectivity index (χ0v) is 12.0. The van der Waals surface area contributed by atoms with Gasteiger partial charge in [0.15, 0.2) is 0 Å². The van der Waals surface area contributed by atoms with Crippen LogP contribution in [-0.4, -0.2) is 4.90 Å². The Bertz CT molecular complexity index is 663. The molecule has 0 saturated carbocycles. The summed E-state index contributed by atoms with van der Waals surface area (Å²) in [6.07, 6.45) is -4.28. The van der Waals surface area contributed by atoms with Gasteiger partial charge in [0.25, 0.3) is 0 Å². The maximum absolute atomic E-state index is 12.6. The summed E-state index contributed by atoms with van der Waals surface area (Å²) in [6, 6.07) is 11.6. The van der Waals surface area contributed by atoms with Gasteiger partial charge in [0.2, 0.25) is 0 Å². The Hall–Kier alpha value is -1.85. The van der Waals surface area contributed by atoms with Crippen molar-refractivity contribution in [3.05, 3.63) is 70.3 Å². The second-order valence-electron chi connectivity index (χ2n) is 5.65. The molecule has 0 unspecified atom stereocenters. The van der Waals surface area contributed by atoms with E-state index in [0.717, 1.165) is 36.3 Å². The quantitative estimate of drug-likeness (QED) is 0.937. The number of benzene rings is 2. The van der Waals surface area contributed by atoms with E-state index in [4.69, 9.17) is 5.73 Å². The molecule has 5 heteroatoms. The Morgan fingerprint density at radius 1 is 0.909 bits per heavy atom. The first-order valence-corrected chi connectivity index (χ1v) is 7.15. The lowest BCUT2D eigenvalue weighted by Crippen LogP contribution is -2.15. The number of nitrogens with two attached hydrogens (primary N) is 1. The summed E-state index contributed by atoms with van der Waals surface area (Å²) < 4.78 is 37.7. The SMILES string of the molecule is NCc1ccc2c(c1)CN(Cc1ccc(C(F)(F)F)cc1)C2. The average molecular weight is 306 g/mol. The monoisotopic (exact) mass is 306 g/mol. The van der Waals surface area contributed by atoms with E-state index in [0.29, 0.717) is 13.1 Å². The van der Waals surface area contributed by atoms with Crippen LogP contribution < -0.4 is 5.73 Å². The lowest BCUT2D eigenvalue weighted by molar-refractivity contribution is -0.137. The molecule has 0 saturated heterocycles. The van der Waals surface area contributed by atoms with Gasteiger partial charge in [-0.1, -0.05) is 30.3 Å². The van der Waals surface area contributed by atoms with Crippen molar-refractivity contribution >= 4 is 0 Å². The van der Waals surface area contributed by atoms with Crippen LogP contribution in [0.25, 0.3) is 0 Å². The number of rotatable bonds is 3. The van der Waals surface area contributed by atoms with Crippen LogP contribution >= 0.6 is 0 Å². The fourth-order valence-electron chi connectivity index (χ4n) is 2.81. The third kappa shape index (κ3) is 3.15. The molecule has 0 bridgehead atoms. The first-order valence-electron chi connectivity index (χ1n) is 7.15. The Balaban J connectivity index is 1.68. The summed E-state index contributed by atoms with van der Waals surface area (Å²) in [5, 5.41) is 0. The standard InChI is InChI=1S/C17H17F3N2/c18-17(19,20)16-5-2-12(3-6-16)9-22-10-14-4-1-13(8-21)7-15(14)11-22/h1-7H,8-11,21H2. The zero-order valence-electron chi connectivity index (χ0n) is 12.0. The zero-order chi connectivity index (χ0) is 15.7. The Morgan fingerprint density at radius 3 is 2.18 bits per heavy atom. The van der Waals surface area contributed by atoms with Crippen molar-refractivity contribution in [1.82, 2.24) is 4.90 Å². The minimum atomic E-state index is -4.28. The molecule has 0 aromatic heterocycles. The Morgan fingerprint density at radius 2 is 1.55 bits per heavy atom. The Kier molecular flexibility index (Phi) is 3.93. The van der Waals surface area contributed by atoms with Crippen molar-refractivity contribution < 1.29 is 13.2 Å². The largest absolute Gasteiger partial charge is 0.416 e. The number of alkyl halides is 3. The fourth-order valence-corrected chi connectivity index (χ4v) is 2.81. The van der Waals surface area contributed by atoms with Crippen molar-refractivity contribution in [1.29, 1.82) is 0 Å². The van der Waals surface area contributed by atoms with Gasteiger partial charge in [0, 0.05) is 26.2 Å². The van der Waals surface area contributed by atoms with Crippen LogP contribution in [0.4, 0.5) is 13.2 Å². The van der Waals surface area contributed by atoms with Crippen LogP contribution in [0.1, 0.15) is 27.8 Å². The van der Waals surface area contributed by atoms with Crippen LogP contribution in [0.5, 0.6) is 0 Å². The third-order valence-corrected chi connectivity index (χ3v) is 3.98. The molecule has 2 aromatic carbocycles. The topological polar surface area (TPSA) is 29.3 Å². The molecule has 0 aliphatic carbocycles. The van der Waals surface area contributed by atoms with E-state index in [1.807, 2.05) is 6.07 Å². The van der Waals surface area contributed by atoms with E-state index in [1.54, 1.807) is 12.1 Å². The summed E-state index contributed by atoms with van der Waals surface area (Å²) >= 11 is 0. The number of nitrogens with zero attached hydrogens (tertiary/aromatic N) is 1. The number of fused-ring (bicyclic) bond motifs is 1. The summed E-state index contributed by atoms with van der Waals surface area (Å²) in [7, 11) is 0. The van der Waals surface area contributed by atoms with E-state index >= 15 is 0 Å². The number of hydrogen-bond donors (Lipinski definition) is 1. The summed E-state index contributed by atoms with van der Waals surface area (Å²) in [4.78, 5) is 2.22. The molecule has 22 heavy (non-hydrogen) atoms. The molecular formula is C17H17F3N2. The smallest absolute Gasteiger partial charge is 0.326 e. The first-order chi connectivity index (χ1) is 10.5. The molecule has 2 nitrogen and oxygen atoms in total. The molecule has 0 fully saturated rings. The number of halogens is 3. The minimum Gasteiger partial charge on any atom is -0.326 e. The highest BCUT2D eigenvalue weighted by atomic mass is 19.4. The maximum atomic E-state index is 12.6. The van der Waals surface area contributed by atoms with Crippen molar-refractivity contribution in [2.75, 3.05) is 0 Å². The molecule has 0 spiro atoms. The average Bonchev–Trinajstić information content (AvgIpc) is 2.88. The van der Waals surface area contributed by atoms with Gasteiger partial charge >= 0.3 is 6.18 Å². The highest BCUT2D eigenvalue weighted by molar-refractivity contribution is 5.35. The summed E-state index contributed by atoms with van der Waals surface area (Å²) in [6.45, 7) is 2.79. The highest BCUT2D eigenvalue weighted by Gasteiger charge is 2.30. The molecule has 1 heterocycles. The second kappa shape index (κ2) is 5.74. The summed E-state index contributed by atoms with van der Waals surface area (Å²) in [5.41, 5.74) is 9.56. The molecule has 0 amide bonds. The van der Waals surface area contributed by atoms with Gasteiger partial charge in [-0.2, -0.15) is 13.2 Å². The number of hydrogen-bond acceptors (Lipinski definition) is 2. The molecule has 2 N–H and O–H groups in total. The van der Waals surface area contributed by atoms with Gasteiger partial charge in [-0.15, -0.1) is 0 Å². The van der Waals surface area contributed by atoms with Crippen LogP contribution in [0.2, 0.25) is 0 Å². The van der Waals surface area contributed by atoms with E-state index in [1.165, 1.54) is 11.1 Å². The van der Waals surface area contributed by atoms with Crippen LogP contribution in [0.3, 0.4) is 0 Å². The first kappa shape index (κ1) is 15.1. The lowest BCUT2D eigenvalue weighted by atomic mass is 10.1. The minimum absolute atomic E-state index is 0.520. The van der Waals surface area contributed by atoms with Gasteiger partial charge in [-0.3, -0.25) is 4.90 Å². The third-order valence-electron chi connectivity index (χ3n) is 3.98. The van der Waals surface area contributed by atoms with E-state index in [-0.39, 0.29) is 0 Å². The molecule has 1 aliphatic rings. The molecule has 0 radical (unpaired) electrons. The van der Waals surface area contributed by atoms with Gasteiger partial charge in [-0.25, -0.2) is 0 Å². The predicted molar refractivity (Wildman–Crippen MR) is 78.7 cm³/mol.